The van der Waals surface area contributed by atoms with E-state index >= 15 is 0 Å². The predicted molar refractivity (Wildman–Crippen MR) is 115 cm³/mol. The first-order chi connectivity index (χ1) is 15.3. The summed E-state index contributed by atoms with van der Waals surface area (Å²) >= 11 is 0. The van der Waals surface area contributed by atoms with E-state index in [0.717, 1.165) is 16.9 Å². The number of hydrogen-bond acceptors (Lipinski definition) is 7. The molecule has 1 aliphatic carbocycles. The molecule has 0 spiro atoms. The van der Waals surface area contributed by atoms with Crippen LogP contribution in [-0.2, 0) is 10.0 Å². The van der Waals surface area contributed by atoms with Gasteiger partial charge in [0.2, 0.25) is 16.0 Å². The molecule has 1 saturated heterocycles. The third-order valence-electron chi connectivity index (χ3n) is 6.31. The van der Waals surface area contributed by atoms with Crippen molar-refractivity contribution in [1.82, 2.24) is 18.8 Å². The average Bonchev–Trinajstić information content (AvgIpc) is 3.05. The van der Waals surface area contributed by atoms with Gasteiger partial charge in [0.15, 0.2) is 0 Å². The second-order valence-electron chi connectivity index (χ2n) is 8.70. The number of piperidine rings is 1. The van der Waals surface area contributed by atoms with Crippen LogP contribution in [0.5, 0.6) is 0 Å². The summed E-state index contributed by atoms with van der Waals surface area (Å²) in [5.74, 6) is 0.0286. The third kappa shape index (κ3) is 4.35. The molecule has 2 aromatic rings. The number of alkyl halides is 2. The lowest BCUT2D eigenvalue weighted by Crippen LogP contribution is -2.42. The SMILES string of the molecule is [2H]C1(Nc2ncc3cc(C(F)F)c(=O)n([C@@H]4CCC[C@@]4(C)O)c3n2)CCN(S(C)(=O)=O)CC1. The second kappa shape index (κ2) is 8.31. The van der Waals surface area contributed by atoms with Gasteiger partial charge >= 0.3 is 0 Å². The maximum Gasteiger partial charge on any atom is 0.269 e. The number of sulfonamides is 1. The maximum absolute atomic E-state index is 13.6. The molecule has 1 saturated carbocycles. The van der Waals surface area contributed by atoms with Crippen LogP contribution in [0.3, 0.4) is 0 Å². The van der Waals surface area contributed by atoms with Crippen LogP contribution in [0.15, 0.2) is 17.1 Å². The highest BCUT2D eigenvalue weighted by Gasteiger charge is 2.40. The molecule has 4 rings (SSSR count). The number of nitrogens with one attached hydrogen (secondary N) is 1. The molecule has 2 N–H and O–H groups in total. The van der Waals surface area contributed by atoms with Crippen molar-refractivity contribution < 1.29 is 23.7 Å². The van der Waals surface area contributed by atoms with E-state index < -0.39 is 45.2 Å². The molecule has 2 aromatic heterocycles. The first-order valence-corrected chi connectivity index (χ1v) is 12.3. The van der Waals surface area contributed by atoms with E-state index in [9.17, 15) is 27.1 Å². The largest absolute Gasteiger partial charge is 0.388 e. The summed E-state index contributed by atoms with van der Waals surface area (Å²) in [6.45, 7) is 1.90. The number of aromatic nitrogens is 3. The van der Waals surface area contributed by atoms with Crippen LogP contribution >= 0.6 is 0 Å². The second-order valence-corrected chi connectivity index (χ2v) is 10.7. The average molecular weight is 473 g/mol. The van der Waals surface area contributed by atoms with Crippen molar-refractivity contribution in [3.63, 3.8) is 0 Å². The molecule has 2 aliphatic rings. The van der Waals surface area contributed by atoms with E-state index in [1.165, 1.54) is 10.5 Å². The van der Waals surface area contributed by atoms with Gasteiger partial charge in [0.05, 0.1) is 24.8 Å². The first kappa shape index (κ1) is 21.7. The molecule has 0 aromatic carbocycles. The lowest BCUT2D eigenvalue weighted by atomic mass is 9.99. The van der Waals surface area contributed by atoms with Gasteiger partial charge in [-0.05, 0) is 45.1 Å². The van der Waals surface area contributed by atoms with Crippen molar-refractivity contribution in [2.45, 2.75) is 63.1 Å². The fraction of sp³-hybridized carbons (Fsp3) is 0.650. The lowest BCUT2D eigenvalue weighted by Gasteiger charge is -2.31. The van der Waals surface area contributed by atoms with Crippen LogP contribution in [0, 0.1) is 0 Å². The zero-order valence-corrected chi connectivity index (χ0v) is 18.7. The van der Waals surface area contributed by atoms with Crippen molar-refractivity contribution in [1.29, 1.82) is 0 Å². The zero-order valence-electron chi connectivity index (χ0n) is 18.9. The summed E-state index contributed by atoms with van der Waals surface area (Å²) < 4.78 is 61.7. The summed E-state index contributed by atoms with van der Waals surface area (Å²) in [6, 6.07) is -0.897. The van der Waals surface area contributed by atoms with Gasteiger partial charge in [-0.15, -0.1) is 0 Å². The van der Waals surface area contributed by atoms with Gasteiger partial charge in [-0.2, -0.15) is 4.98 Å². The zero-order chi connectivity index (χ0) is 24.2. The maximum atomic E-state index is 13.6. The lowest BCUT2D eigenvalue weighted by molar-refractivity contribution is 0.0261. The summed E-state index contributed by atoms with van der Waals surface area (Å²) in [6.07, 6.45) is 1.31. The molecule has 12 heteroatoms. The molecule has 2 atom stereocenters. The van der Waals surface area contributed by atoms with Crippen LogP contribution in [0.1, 0.15) is 58.4 Å². The van der Waals surface area contributed by atoms with Crippen LogP contribution in [-0.4, -0.2) is 63.3 Å². The van der Waals surface area contributed by atoms with Gasteiger partial charge in [-0.3, -0.25) is 9.36 Å². The Balaban J connectivity index is 1.73. The van der Waals surface area contributed by atoms with Crippen molar-refractivity contribution in [2.75, 3.05) is 24.7 Å². The number of aliphatic hydroxyl groups is 1. The summed E-state index contributed by atoms with van der Waals surface area (Å²) in [4.78, 5) is 21.5. The Kier molecular flexibility index (Phi) is 5.62. The molecule has 0 radical (unpaired) electrons. The topological polar surface area (TPSA) is 117 Å². The number of halogens is 2. The number of nitrogens with zero attached hydrogens (tertiary/aromatic N) is 4. The van der Waals surface area contributed by atoms with Gasteiger partial charge in [-0.25, -0.2) is 26.5 Å². The van der Waals surface area contributed by atoms with Gasteiger partial charge in [0.1, 0.15) is 5.65 Å². The van der Waals surface area contributed by atoms with E-state index in [1.807, 2.05) is 0 Å². The standard InChI is InChI=1S/C20H27F2N5O4S/c1-20(29)7-3-4-15(20)27-17-12(10-14(16(21)22)18(27)28)11-23-19(25-17)24-13-5-8-26(9-6-13)32(2,30)31/h10-11,13,15-16,29H,3-9H2,1-2H3,(H,23,24,25)/t15-,20-/m1/s1/i13D. The molecule has 32 heavy (non-hydrogen) atoms. The van der Waals surface area contributed by atoms with E-state index in [4.69, 9.17) is 1.37 Å². The Morgan fingerprint density at radius 3 is 2.59 bits per heavy atom. The Labute approximate surface area is 185 Å². The Morgan fingerprint density at radius 2 is 2.03 bits per heavy atom. The molecular weight excluding hydrogens is 444 g/mol. The smallest absolute Gasteiger partial charge is 0.269 e. The molecule has 2 fully saturated rings. The molecule has 3 heterocycles. The van der Waals surface area contributed by atoms with Crippen LogP contribution in [0.2, 0.25) is 0 Å². The number of pyridine rings is 1. The first-order valence-electron chi connectivity index (χ1n) is 11.0. The van der Waals surface area contributed by atoms with Crippen LogP contribution in [0.25, 0.3) is 11.0 Å². The van der Waals surface area contributed by atoms with E-state index in [0.29, 0.717) is 19.3 Å². The van der Waals surface area contributed by atoms with Crippen molar-refractivity contribution in [3.05, 3.63) is 28.2 Å². The minimum absolute atomic E-state index is 0.0286. The molecule has 9 nitrogen and oxygen atoms in total. The van der Waals surface area contributed by atoms with Gasteiger partial charge in [-0.1, -0.05) is 0 Å². The van der Waals surface area contributed by atoms with E-state index in [1.54, 1.807) is 6.92 Å². The van der Waals surface area contributed by atoms with Crippen molar-refractivity contribution in [3.8, 4) is 0 Å². The Hall–Kier alpha value is -2.18. The highest BCUT2D eigenvalue weighted by atomic mass is 32.2. The number of hydrogen-bond donors (Lipinski definition) is 2. The van der Waals surface area contributed by atoms with Crippen molar-refractivity contribution in [2.24, 2.45) is 0 Å². The van der Waals surface area contributed by atoms with Gasteiger partial charge < -0.3 is 10.4 Å². The molecule has 1 aliphatic heterocycles. The Bertz CT molecular complexity index is 1230. The van der Waals surface area contributed by atoms with Gasteiger partial charge in [0, 0.05) is 30.7 Å². The Morgan fingerprint density at radius 1 is 1.34 bits per heavy atom. The highest BCUT2D eigenvalue weighted by Crippen LogP contribution is 2.39. The normalized spacial score (nSPS) is 27.1. The minimum atomic E-state index is -3.35. The number of fused-ring (bicyclic) bond motifs is 1. The fourth-order valence-electron chi connectivity index (χ4n) is 4.56. The van der Waals surface area contributed by atoms with E-state index in [-0.39, 0.29) is 42.9 Å². The number of anilines is 1. The number of rotatable bonds is 5. The van der Waals surface area contributed by atoms with Gasteiger partial charge in [0.25, 0.3) is 12.0 Å². The summed E-state index contributed by atoms with van der Waals surface area (Å²) in [5, 5.41) is 13.9. The molecule has 0 amide bonds. The minimum Gasteiger partial charge on any atom is -0.388 e. The third-order valence-corrected chi connectivity index (χ3v) is 7.61. The summed E-state index contributed by atoms with van der Waals surface area (Å²) in [5.41, 5.74) is -2.74. The molecule has 0 unspecified atom stereocenters. The van der Waals surface area contributed by atoms with Crippen LogP contribution in [0.4, 0.5) is 14.7 Å². The molecule has 0 bridgehead atoms. The van der Waals surface area contributed by atoms with Crippen molar-refractivity contribution >= 4 is 27.0 Å². The molecule has 176 valence electrons. The quantitative estimate of drug-likeness (QED) is 0.684. The predicted octanol–water partition coefficient (Wildman–Crippen LogP) is 2.04. The molecular formula is C20H27F2N5O4S. The fourth-order valence-corrected chi connectivity index (χ4v) is 5.40. The van der Waals surface area contributed by atoms with Crippen LogP contribution < -0.4 is 10.9 Å². The van der Waals surface area contributed by atoms with E-state index in [2.05, 4.69) is 15.3 Å². The summed E-state index contributed by atoms with van der Waals surface area (Å²) in [7, 11) is -3.35. The monoisotopic (exact) mass is 472 g/mol. The highest BCUT2D eigenvalue weighted by molar-refractivity contribution is 7.88.